The SMILES string of the molecule is c1ccc(C2c3ccccc3CN2CC2=NCCN2)cc1. The van der Waals surface area contributed by atoms with Crippen LogP contribution in [0.25, 0.3) is 0 Å². The van der Waals surface area contributed by atoms with E-state index in [0.717, 1.165) is 32.0 Å². The van der Waals surface area contributed by atoms with E-state index in [2.05, 4.69) is 69.8 Å². The summed E-state index contributed by atoms with van der Waals surface area (Å²) in [7, 11) is 0. The molecule has 0 amide bonds. The second-order valence-electron chi connectivity index (χ2n) is 5.67. The van der Waals surface area contributed by atoms with Gasteiger partial charge in [0.1, 0.15) is 5.84 Å². The molecule has 3 heteroatoms. The number of fused-ring (bicyclic) bond motifs is 1. The third-order valence-electron chi connectivity index (χ3n) is 4.30. The van der Waals surface area contributed by atoms with E-state index >= 15 is 0 Å². The average Bonchev–Trinajstić information content (AvgIpc) is 3.15. The molecule has 0 fully saturated rings. The molecule has 0 aliphatic carbocycles. The lowest BCUT2D eigenvalue weighted by Crippen LogP contribution is -2.34. The van der Waals surface area contributed by atoms with E-state index in [0.29, 0.717) is 6.04 Å². The minimum absolute atomic E-state index is 0.340. The smallest absolute Gasteiger partial charge is 0.111 e. The summed E-state index contributed by atoms with van der Waals surface area (Å²) in [6.45, 7) is 3.78. The molecule has 4 rings (SSSR count). The van der Waals surface area contributed by atoms with Crippen molar-refractivity contribution in [1.82, 2.24) is 10.2 Å². The summed E-state index contributed by atoms with van der Waals surface area (Å²) >= 11 is 0. The molecular weight excluding hydrogens is 258 g/mol. The highest BCUT2D eigenvalue weighted by Gasteiger charge is 2.31. The maximum absolute atomic E-state index is 4.55. The quantitative estimate of drug-likeness (QED) is 0.934. The van der Waals surface area contributed by atoms with Crippen LogP contribution in [-0.4, -0.2) is 30.4 Å². The third-order valence-corrected chi connectivity index (χ3v) is 4.30. The van der Waals surface area contributed by atoms with Crippen LogP contribution in [0.3, 0.4) is 0 Å². The fraction of sp³-hybridized carbons (Fsp3) is 0.278. The van der Waals surface area contributed by atoms with Gasteiger partial charge in [-0.1, -0.05) is 54.6 Å². The van der Waals surface area contributed by atoms with Crippen molar-refractivity contribution in [2.24, 2.45) is 4.99 Å². The Bertz CT molecular complexity index is 663. The number of amidine groups is 1. The first-order valence-corrected chi connectivity index (χ1v) is 7.56. The van der Waals surface area contributed by atoms with Crippen LogP contribution < -0.4 is 5.32 Å². The van der Waals surface area contributed by atoms with Crippen molar-refractivity contribution in [1.29, 1.82) is 0 Å². The summed E-state index contributed by atoms with van der Waals surface area (Å²) in [4.78, 5) is 7.07. The molecule has 0 spiro atoms. The summed E-state index contributed by atoms with van der Waals surface area (Å²) in [5.41, 5.74) is 4.23. The van der Waals surface area contributed by atoms with Crippen molar-refractivity contribution in [3.8, 4) is 0 Å². The minimum Gasteiger partial charge on any atom is -0.371 e. The van der Waals surface area contributed by atoms with Crippen molar-refractivity contribution in [2.45, 2.75) is 12.6 Å². The first kappa shape index (κ1) is 12.6. The predicted octanol–water partition coefficient (Wildman–Crippen LogP) is 2.59. The second kappa shape index (κ2) is 5.34. The van der Waals surface area contributed by atoms with E-state index in [4.69, 9.17) is 0 Å². The highest BCUT2D eigenvalue weighted by atomic mass is 15.2. The zero-order valence-corrected chi connectivity index (χ0v) is 12.0. The van der Waals surface area contributed by atoms with Gasteiger partial charge in [-0.2, -0.15) is 0 Å². The first-order chi connectivity index (χ1) is 10.4. The molecule has 2 aromatic carbocycles. The van der Waals surface area contributed by atoms with Crippen LogP contribution in [0.4, 0.5) is 0 Å². The van der Waals surface area contributed by atoms with Gasteiger partial charge < -0.3 is 5.32 Å². The van der Waals surface area contributed by atoms with Crippen LogP contribution in [0.15, 0.2) is 59.6 Å². The highest BCUT2D eigenvalue weighted by molar-refractivity contribution is 5.85. The Balaban J connectivity index is 1.70. The normalized spacial score (nSPS) is 21.0. The van der Waals surface area contributed by atoms with Crippen LogP contribution in [0.1, 0.15) is 22.7 Å². The van der Waals surface area contributed by atoms with Gasteiger partial charge in [-0.05, 0) is 16.7 Å². The van der Waals surface area contributed by atoms with Gasteiger partial charge in [0.05, 0.1) is 19.1 Å². The van der Waals surface area contributed by atoms with Gasteiger partial charge in [0.25, 0.3) is 0 Å². The van der Waals surface area contributed by atoms with E-state index in [1.165, 1.54) is 16.7 Å². The van der Waals surface area contributed by atoms with Crippen LogP contribution in [0.2, 0.25) is 0 Å². The molecule has 2 aromatic rings. The third kappa shape index (κ3) is 2.34. The highest BCUT2D eigenvalue weighted by Crippen LogP contribution is 2.38. The molecule has 0 aromatic heterocycles. The lowest BCUT2D eigenvalue weighted by molar-refractivity contribution is 0.279. The number of aliphatic imine (C=N–C) groups is 1. The molecule has 0 saturated heterocycles. The largest absolute Gasteiger partial charge is 0.371 e. The fourth-order valence-corrected chi connectivity index (χ4v) is 3.37. The Kier molecular flexibility index (Phi) is 3.20. The molecule has 2 aliphatic heterocycles. The van der Waals surface area contributed by atoms with Gasteiger partial charge in [0, 0.05) is 13.1 Å². The molecule has 3 nitrogen and oxygen atoms in total. The van der Waals surface area contributed by atoms with Crippen LogP contribution in [0, 0.1) is 0 Å². The van der Waals surface area contributed by atoms with Crippen molar-refractivity contribution in [2.75, 3.05) is 19.6 Å². The van der Waals surface area contributed by atoms with E-state index in [1.54, 1.807) is 0 Å². The van der Waals surface area contributed by atoms with Crippen LogP contribution >= 0.6 is 0 Å². The first-order valence-electron chi connectivity index (χ1n) is 7.56. The maximum Gasteiger partial charge on any atom is 0.111 e. The number of hydrogen-bond donors (Lipinski definition) is 1. The van der Waals surface area contributed by atoms with Crippen LogP contribution in [-0.2, 0) is 6.54 Å². The van der Waals surface area contributed by atoms with Crippen molar-refractivity contribution < 1.29 is 0 Å². The molecule has 0 saturated carbocycles. The fourth-order valence-electron chi connectivity index (χ4n) is 3.37. The van der Waals surface area contributed by atoms with Crippen molar-refractivity contribution in [3.05, 3.63) is 71.3 Å². The van der Waals surface area contributed by atoms with E-state index < -0.39 is 0 Å². The summed E-state index contributed by atoms with van der Waals surface area (Å²) in [6, 6.07) is 19.9. The van der Waals surface area contributed by atoms with Crippen molar-refractivity contribution >= 4 is 5.84 Å². The zero-order chi connectivity index (χ0) is 14.1. The van der Waals surface area contributed by atoms with Gasteiger partial charge in [0.2, 0.25) is 0 Å². The Morgan fingerprint density at radius 1 is 1.05 bits per heavy atom. The number of benzene rings is 2. The lowest BCUT2D eigenvalue weighted by Gasteiger charge is -2.25. The number of hydrogen-bond acceptors (Lipinski definition) is 3. The van der Waals surface area contributed by atoms with Gasteiger partial charge in [0.15, 0.2) is 0 Å². The minimum atomic E-state index is 0.340. The number of nitrogens with zero attached hydrogens (tertiary/aromatic N) is 2. The molecule has 1 N–H and O–H groups in total. The number of rotatable bonds is 3. The molecule has 0 radical (unpaired) electrons. The average molecular weight is 277 g/mol. The van der Waals surface area contributed by atoms with Crippen molar-refractivity contribution in [3.63, 3.8) is 0 Å². The second-order valence-corrected chi connectivity index (χ2v) is 5.67. The van der Waals surface area contributed by atoms with Crippen LogP contribution in [0.5, 0.6) is 0 Å². The Morgan fingerprint density at radius 2 is 1.86 bits per heavy atom. The molecule has 106 valence electrons. The summed E-state index contributed by atoms with van der Waals surface area (Å²) in [5, 5.41) is 3.39. The van der Waals surface area contributed by atoms with Gasteiger partial charge in [-0.3, -0.25) is 9.89 Å². The standard InChI is InChI=1S/C18H19N3/c1-2-6-14(7-3-1)18-16-9-5-4-8-15(16)12-21(18)13-17-19-10-11-20-17/h1-9,18H,10-13H2,(H,19,20). The van der Waals surface area contributed by atoms with E-state index in [1.807, 2.05) is 0 Å². The monoisotopic (exact) mass is 277 g/mol. The predicted molar refractivity (Wildman–Crippen MR) is 85.4 cm³/mol. The Labute approximate surface area is 125 Å². The summed E-state index contributed by atoms with van der Waals surface area (Å²) in [5.74, 6) is 1.13. The summed E-state index contributed by atoms with van der Waals surface area (Å²) in [6.07, 6.45) is 0. The van der Waals surface area contributed by atoms with Gasteiger partial charge >= 0.3 is 0 Å². The molecular formula is C18H19N3. The van der Waals surface area contributed by atoms with Gasteiger partial charge in [-0.15, -0.1) is 0 Å². The number of nitrogens with one attached hydrogen (secondary N) is 1. The Hall–Kier alpha value is -2.13. The zero-order valence-electron chi connectivity index (χ0n) is 12.0. The maximum atomic E-state index is 4.55. The van der Waals surface area contributed by atoms with Gasteiger partial charge in [-0.25, -0.2) is 0 Å². The Morgan fingerprint density at radius 3 is 2.67 bits per heavy atom. The molecule has 2 aliphatic rings. The molecule has 0 bridgehead atoms. The van der Waals surface area contributed by atoms with E-state index in [9.17, 15) is 0 Å². The molecule has 1 unspecified atom stereocenters. The molecule has 2 heterocycles. The summed E-state index contributed by atoms with van der Waals surface area (Å²) < 4.78 is 0. The van der Waals surface area contributed by atoms with E-state index in [-0.39, 0.29) is 0 Å². The topological polar surface area (TPSA) is 27.6 Å². The molecule has 21 heavy (non-hydrogen) atoms. The molecule has 1 atom stereocenters. The lowest BCUT2D eigenvalue weighted by atomic mass is 9.98.